The Labute approximate surface area is 351 Å². The second kappa shape index (κ2) is 12.9. The monoisotopic (exact) mass is 779 g/mol. The third kappa shape index (κ3) is 4.86. The van der Waals surface area contributed by atoms with Gasteiger partial charge in [0.1, 0.15) is 22.7 Å². The molecular weight excluding hydrogens is 747 g/mol. The van der Waals surface area contributed by atoms with Crippen molar-refractivity contribution < 1.29 is 9.15 Å². The molecule has 61 heavy (non-hydrogen) atoms. The van der Waals surface area contributed by atoms with Crippen LogP contribution in [0.4, 0.5) is 0 Å². The lowest BCUT2D eigenvalue weighted by atomic mass is 9.64. The van der Waals surface area contributed by atoms with Crippen molar-refractivity contribution in [3.63, 3.8) is 0 Å². The number of hydrogen-bond acceptors (Lipinski definition) is 5. The van der Waals surface area contributed by atoms with Crippen LogP contribution >= 0.6 is 0 Å². The highest BCUT2D eigenvalue weighted by Crippen LogP contribution is 2.64. The molecule has 13 rings (SSSR count). The Bertz CT molecular complexity index is 3570. The van der Waals surface area contributed by atoms with Crippen molar-refractivity contribution in [1.29, 1.82) is 0 Å². The van der Waals surface area contributed by atoms with Gasteiger partial charge in [-0.05, 0) is 57.0 Å². The van der Waals surface area contributed by atoms with Crippen LogP contribution in [-0.2, 0) is 5.41 Å². The fraction of sp³-hybridized carbons (Fsp3) is 0.0179. The van der Waals surface area contributed by atoms with Crippen LogP contribution < -0.4 is 4.74 Å². The largest absolute Gasteiger partial charge is 0.456 e. The highest BCUT2D eigenvalue weighted by molar-refractivity contribution is 6.09. The molecule has 0 amide bonds. The Balaban J connectivity index is 1.00. The highest BCUT2D eigenvalue weighted by Gasteiger charge is 2.52. The van der Waals surface area contributed by atoms with Crippen LogP contribution in [0.1, 0.15) is 22.3 Å². The minimum atomic E-state index is -0.624. The summed E-state index contributed by atoms with van der Waals surface area (Å²) in [6.45, 7) is 0. The summed E-state index contributed by atoms with van der Waals surface area (Å²) in [7, 11) is 0. The van der Waals surface area contributed by atoms with Gasteiger partial charge in [0.25, 0.3) is 0 Å². The standard InChI is InChI=1S/C56H33N3O2/c1-2-15-36(16-3-1)53-57-54(59-55(58-53)44-23-13-22-43-41-19-7-10-26-48(41)60-51(43)44)37-30-28-35(29-31-37)38-20-12-21-42-40-18-6-8-24-45(40)56(50(38)42)46-25-9-11-27-49(46)61-52-39-17-5-4-14-34(39)32-33-47(52)56/h1-33H. The summed E-state index contributed by atoms with van der Waals surface area (Å²) in [6, 6.07) is 70.3. The van der Waals surface area contributed by atoms with Gasteiger partial charge in [0.05, 0.1) is 11.0 Å². The van der Waals surface area contributed by atoms with Crippen LogP contribution in [0.15, 0.2) is 205 Å². The topological polar surface area (TPSA) is 61.0 Å². The van der Waals surface area contributed by atoms with Crippen LogP contribution in [0.2, 0.25) is 0 Å². The molecule has 3 heterocycles. The molecule has 9 aromatic carbocycles. The molecule has 1 aliphatic heterocycles. The van der Waals surface area contributed by atoms with E-state index < -0.39 is 5.41 Å². The third-order valence-electron chi connectivity index (χ3n) is 12.6. The van der Waals surface area contributed by atoms with E-state index in [1.165, 1.54) is 22.3 Å². The van der Waals surface area contributed by atoms with Crippen molar-refractivity contribution in [2.45, 2.75) is 5.41 Å². The molecule has 0 fully saturated rings. The van der Waals surface area contributed by atoms with Crippen LogP contribution in [-0.4, -0.2) is 15.0 Å². The number of rotatable bonds is 4. The number of ether oxygens (including phenoxy) is 1. The fourth-order valence-electron chi connectivity index (χ4n) is 9.99. The number of benzene rings is 9. The Kier molecular flexibility index (Phi) is 7.16. The SMILES string of the molecule is c1ccc(-c2nc(-c3ccc(-c4cccc5c4C4(c6ccccc6Oc6c4ccc4ccccc64)c4ccccc4-5)cc3)nc(-c3cccc4c3oc3ccccc34)n2)cc1. The molecule has 5 nitrogen and oxygen atoms in total. The van der Waals surface area contributed by atoms with Crippen molar-refractivity contribution in [2.24, 2.45) is 0 Å². The van der Waals surface area contributed by atoms with Crippen LogP contribution in [0, 0.1) is 0 Å². The number of hydrogen-bond donors (Lipinski definition) is 0. The van der Waals surface area contributed by atoms with E-state index in [1.54, 1.807) is 0 Å². The first-order valence-electron chi connectivity index (χ1n) is 20.6. The number of aromatic nitrogens is 3. The summed E-state index contributed by atoms with van der Waals surface area (Å²) in [5.41, 5.74) is 13.1. The minimum absolute atomic E-state index is 0.558. The van der Waals surface area contributed by atoms with E-state index in [0.717, 1.165) is 83.2 Å². The van der Waals surface area contributed by atoms with E-state index in [-0.39, 0.29) is 0 Å². The molecule has 0 saturated heterocycles. The summed E-state index contributed by atoms with van der Waals surface area (Å²) in [5.74, 6) is 3.52. The van der Waals surface area contributed by atoms with Crippen LogP contribution in [0.25, 0.3) is 89.1 Å². The van der Waals surface area contributed by atoms with E-state index >= 15 is 0 Å². The maximum absolute atomic E-state index is 6.91. The molecule has 0 bridgehead atoms. The van der Waals surface area contributed by atoms with Crippen molar-refractivity contribution in [3.8, 4) is 67.9 Å². The van der Waals surface area contributed by atoms with Gasteiger partial charge in [-0.1, -0.05) is 182 Å². The normalized spacial score (nSPS) is 14.8. The van der Waals surface area contributed by atoms with E-state index in [9.17, 15) is 0 Å². The highest BCUT2D eigenvalue weighted by atomic mass is 16.5. The molecule has 2 aromatic heterocycles. The van der Waals surface area contributed by atoms with Gasteiger partial charge in [-0.25, -0.2) is 15.0 Å². The zero-order chi connectivity index (χ0) is 40.1. The van der Waals surface area contributed by atoms with Crippen LogP contribution in [0.3, 0.4) is 0 Å². The first-order chi connectivity index (χ1) is 30.2. The lowest BCUT2D eigenvalue weighted by Gasteiger charge is -2.40. The van der Waals surface area contributed by atoms with E-state index in [1.807, 2.05) is 60.7 Å². The Morgan fingerprint density at radius 3 is 1.84 bits per heavy atom. The summed E-state index contributed by atoms with van der Waals surface area (Å²) in [6.07, 6.45) is 0. The van der Waals surface area contributed by atoms with E-state index in [2.05, 4.69) is 140 Å². The zero-order valence-corrected chi connectivity index (χ0v) is 32.7. The molecule has 0 N–H and O–H groups in total. The van der Waals surface area contributed by atoms with E-state index in [0.29, 0.717) is 17.5 Å². The second-order valence-electron chi connectivity index (χ2n) is 15.8. The summed E-state index contributed by atoms with van der Waals surface area (Å²) < 4.78 is 13.4. The van der Waals surface area contributed by atoms with E-state index in [4.69, 9.17) is 24.1 Å². The molecule has 5 heteroatoms. The van der Waals surface area contributed by atoms with Gasteiger partial charge in [0, 0.05) is 38.4 Å². The summed E-state index contributed by atoms with van der Waals surface area (Å²) >= 11 is 0. The smallest absolute Gasteiger partial charge is 0.167 e. The van der Waals surface area contributed by atoms with Gasteiger partial charge >= 0.3 is 0 Å². The van der Waals surface area contributed by atoms with Crippen molar-refractivity contribution in [2.75, 3.05) is 0 Å². The lowest BCUT2D eigenvalue weighted by molar-refractivity contribution is 0.442. The van der Waals surface area contributed by atoms with Gasteiger partial charge < -0.3 is 9.15 Å². The van der Waals surface area contributed by atoms with Gasteiger partial charge in [-0.2, -0.15) is 0 Å². The summed E-state index contributed by atoms with van der Waals surface area (Å²) in [4.78, 5) is 15.3. The number of fused-ring (bicyclic) bond motifs is 14. The van der Waals surface area contributed by atoms with Crippen LogP contribution in [0.5, 0.6) is 11.5 Å². The van der Waals surface area contributed by atoms with Crippen molar-refractivity contribution in [3.05, 3.63) is 222 Å². The van der Waals surface area contributed by atoms with Gasteiger partial charge in [-0.15, -0.1) is 0 Å². The Morgan fingerprint density at radius 2 is 0.967 bits per heavy atom. The Hall–Kier alpha value is -8.15. The number of nitrogens with zero attached hydrogens (tertiary/aromatic N) is 3. The number of furan rings is 1. The fourth-order valence-corrected chi connectivity index (χ4v) is 9.99. The van der Waals surface area contributed by atoms with Crippen molar-refractivity contribution in [1.82, 2.24) is 15.0 Å². The average Bonchev–Trinajstić information content (AvgIpc) is 3.86. The minimum Gasteiger partial charge on any atom is -0.456 e. The predicted molar refractivity (Wildman–Crippen MR) is 244 cm³/mol. The van der Waals surface area contributed by atoms with Gasteiger partial charge in [0.2, 0.25) is 0 Å². The molecule has 284 valence electrons. The summed E-state index contributed by atoms with van der Waals surface area (Å²) in [5, 5.41) is 4.34. The van der Waals surface area contributed by atoms with Crippen molar-refractivity contribution >= 4 is 32.7 Å². The molecule has 1 aliphatic carbocycles. The number of para-hydroxylation sites is 3. The zero-order valence-electron chi connectivity index (χ0n) is 32.7. The molecule has 2 aliphatic rings. The molecule has 0 saturated carbocycles. The average molecular weight is 780 g/mol. The molecule has 11 aromatic rings. The second-order valence-corrected chi connectivity index (χ2v) is 15.8. The maximum Gasteiger partial charge on any atom is 0.167 e. The first-order valence-corrected chi connectivity index (χ1v) is 20.6. The molecular formula is C56H33N3O2. The third-order valence-corrected chi connectivity index (χ3v) is 12.6. The molecule has 1 unspecified atom stereocenters. The first kappa shape index (κ1) is 33.8. The lowest BCUT2D eigenvalue weighted by Crippen LogP contribution is -2.32. The van der Waals surface area contributed by atoms with Gasteiger partial charge in [0.15, 0.2) is 17.5 Å². The van der Waals surface area contributed by atoms with Gasteiger partial charge in [-0.3, -0.25) is 0 Å². The molecule has 0 radical (unpaired) electrons. The predicted octanol–water partition coefficient (Wildman–Crippen LogP) is 14.1. The molecule has 1 spiro atoms. The maximum atomic E-state index is 6.91. The molecule has 1 atom stereocenters. The Morgan fingerprint density at radius 1 is 0.361 bits per heavy atom. The quantitative estimate of drug-likeness (QED) is 0.178.